The number of thioether (sulfide) groups is 1. The largest absolute Gasteiger partial charge is 0.465 e. The monoisotopic (exact) mass is 232 g/mol. The molecule has 0 aliphatic heterocycles. The second-order valence-electron chi connectivity index (χ2n) is 2.69. The summed E-state index contributed by atoms with van der Waals surface area (Å²) in [5, 5.41) is 0. The molecular weight excluding hydrogens is 222 g/mol. The Morgan fingerprint density at radius 3 is 2.73 bits per heavy atom. The number of carbonyl (C=O) groups excluding carboxylic acids is 1. The quantitative estimate of drug-likeness (QED) is 0.590. The van der Waals surface area contributed by atoms with E-state index in [0.717, 1.165) is 11.8 Å². The van der Waals surface area contributed by atoms with E-state index in [2.05, 4.69) is 4.74 Å². The lowest BCUT2D eigenvalue weighted by Gasteiger charge is -2.06. The number of rotatable bonds is 4. The minimum absolute atomic E-state index is 0.325. The van der Waals surface area contributed by atoms with Crippen molar-refractivity contribution in [3.63, 3.8) is 0 Å². The van der Waals surface area contributed by atoms with E-state index in [9.17, 15) is 13.6 Å². The maximum absolute atomic E-state index is 12.0. The molecule has 0 aliphatic carbocycles. The van der Waals surface area contributed by atoms with Crippen LogP contribution in [0.4, 0.5) is 8.78 Å². The van der Waals surface area contributed by atoms with Crippen molar-refractivity contribution in [2.45, 2.75) is 11.3 Å². The molecule has 1 rings (SSSR count). The van der Waals surface area contributed by atoms with Gasteiger partial charge in [-0.2, -0.15) is 0 Å². The number of esters is 1. The summed E-state index contributed by atoms with van der Waals surface area (Å²) in [4.78, 5) is 11.8. The summed E-state index contributed by atoms with van der Waals surface area (Å²) in [6.45, 7) is 0. The van der Waals surface area contributed by atoms with Gasteiger partial charge in [-0.25, -0.2) is 13.6 Å². The van der Waals surface area contributed by atoms with Crippen molar-refractivity contribution < 1.29 is 18.3 Å². The van der Waals surface area contributed by atoms with Crippen molar-refractivity contribution in [3.8, 4) is 0 Å². The summed E-state index contributed by atoms with van der Waals surface area (Å²) < 4.78 is 28.5. The molecule has 0 spiro atoms. The maximum atomic E-state index is 12.0. The van der Waals surface area contributed by atoms with E-state index in [1.54, 1.807) is 24.3 Å². The summed E-state index contributed by atoms with van der Waals surface area (Å²) in [7, 11) is 1.26. The van der Waals surface area contributed by atoms with Gasteiger partial charge in [-0.3, -0.25) is 0 Å². The average Bonchev–Trinajstić information content (AvgIpc) is 2.25. The van der Waals surface area contributed by atoms with Crippen molar-refractivity contribution in [1.82, 2.24) is 0 Å². The number of methoxy groups -OCH3 is 1. The first-order valence-electron chi connectivity index (χ1n) is 4.23. The molecule has 0 saturated heterocycles. The number of hydrogen-bond acceptors (Lipinski definition) is 3. The Balaban J connectivity index is 2.81. The number of carbonyl (C=O) groups is 1. The van der Waals surface area contributed by atoms with Crippen LogP contribution in [0.3, 0.4) is 0 Å². The number of hydrogen-bond donors (Lipinski definition) is 0. The highest BCUT2D eigenvalue weighted by Gasteiger charge is 2.12. The van der Waals surface area contributed by atoms with Crippen molar-refractivity contribution in [1.29, 1.82) is 0 Å². The predicted molar refractivity (Wildman–Crippen MR) is 54.5 cm³/mol. The molecule has 2 nitrogen and oxygen atoms in total. The second kappa shape index (κ2) is 5.70. The normalized spacial score (nSPS) is 10.4. The lowest BCUT2D eigenvalue weighted by molar-refractivity contribution is 0.0596. The molecule has 0 saturated carbocycles. The van der Waals surface area contributed by atoms with Gasteiger partial charge in [0.05, 0.1) is 18.4 Å². The molecule has 15 heavy (non-hydrogen) atoms. The molecule has 0 aromatic heterocycles. The van der Waals surface area contributed by atoms with Gasteiger partial charge in [0, 0.05) is 4.90 Å². The molecule has 1 aromatic rings. The zero-order valence-corrected chi connectivity index (χ0v) is 8.89. The van der Waals surface area contributed by atoms with Crippen LogP contribution in [-0.4, -0.2) is 25.3 Å². The van der Waals surface area contributed by atoms with E-state index >= 15 is 0 Å². The molecule has 0 aliphatic rings. The maximum Gasteiger partial charge on any atom is 0.338 e. The van der Waals surface area contributed by atoms with Gasteiger partial charge in [-0.15, -0.1) is 11.8 Å². The summed E-state index contributed by atoms with van der Waals surface area (Å²) in [5.41, 5.74) is 0.325. The lowest BCUT2D eigenvalue weighted by Crippen LogP contribution is -2.04. The zero-order chi connectivity index (χ0) is 11.3. The molecule has 1 aromatic carbocycles. The van der Waals surface area contributed by atoms with Crippen LogP contribution in [0.25, 0.3) is 0 Å². The lowest BCUT2D eigenvalue weighted by atomic mass is 10.2. The molecule has 0 radical (unpaired) electrons. The van der Waals surface area contributed by atoms with Gasteiger partial charge in [0.25, 0.3) is 0 Å². The zero-order valence-electron chi connectivity index (χ0n) is 8.07. The Morgan fingerprint density at radius 1 is 1.47 bits per heavy atom. The molecule has 0 N–H and O–H groups in total. The number of benzene rings is 1. The third-order valence-electron chi connectivity index (χ3n) is 1.66. The molecule has 0 atom stereocenters. The van der Waals surface area contributed by atoms with Crippen LogP contribution >= 0.6 is 11.8 Å². The van der Waals surface area contributed by atoms with Crippen LogP contribution in [0.15, 0.2) is 29.2 Å². The standard InChI is InChI=1S/C10H10F2O2S/c1-14-10(13)7-4-2-3-5-8(7)15-6-9(11)12/h2-5,9H,6H2,1H3. The number of halogens is 2. The number of ether oxygens (including phenoxy) is 1. The fourth-order valence-electron chi connectivity index (χ4n) is 1.02. The summed E-state index contributed by atoms with van der Waals surface area (Å²) >= 11 is 0.948. The fraction of sp³-hybridized carbons (Fsp3) is 0.300. The second-order valence-corrected chi connectivity index (χ2v) is 3.75. The first kappa shape index (κ1) is 12.0. The highest BCUT2D eigenvalue weighted by molar-refractivity contribution is 7.99. The fourth-order valence-corrected chi connectivity index (χ4v) is 1.81. The van der Waals surface area contributed by atoms with E-state index in [-0.39, 0.29) is 5.75 Å². The van der Waals surface area contributed by atoms with Crippen LogP contribution in [0.5, 0.6) is 0 Å². The van der Waals surface area contributed by atoms with Crippen molar-refractivity contribution >= 4 is 17.7 Å². The molecular formula is C10H10F2O2S. The highest BCUT2D eigenvalue weighted by Crippen LogP contribution is 2.24. The van der Waals surface area contributed by atoms with Crippen molar-refractivity contribution in [2.75, 3.05) is 12.9 Å². The van der Waals surface area contributed by atoms with Gasteiger partial charge in [0.1, 0.15) is 0 Å². The highest BCUT2D eigenvalue weighted by atomic mass is 32.2. The van der Waals surface area contributed by atoms with Crippen LogP contribution in [0.1, 0.15) is 10.4 Å². The SMILES string of the molecule is COC(=O)c1ccccc1SCC(F)F. The van der Waals surface area contributed by atoms with E-state index in [4.69, 9.17) is 0 Å². The Morgan fingerprint density at radius 2 is 2.13 bits per heavy atom. The van der Waals surface area contributed by atoms with Gasteiger partial charge >= 0.3 is 5.97 Å². The van der Waals surface area contributed by atoms with E-state index in [0.29, 0.717) is 10.5 Å². The predicted octanol–water partition coefficient (Wildman–Crippen LogP) is 2.83. The van der Waals surface area contributed by atoms with Crippen LogP contribution in [0.2, 0.25) is 0 Å². The van der Waals surface area contributed by atoms with Crippen molar-refractivity contribution in [2.24, 2.45) is 0 Å². The molecule has 0 heterocycles. The van der Waals surface area contributed by atoms with Gasteiger partial charge in [-0.1, -0.05) is 12.1 Å². The van der Waals surface area contributed by atoms with E-state index in [1.807, 2.05) is 0 Å². The van der Waals surface area contributed by atoms with Gasteiger partial charge in [0.15, 0.2) is 0 Å². The Hall–Kier alpha value is -1.10. The molecule has 0 fully saturated rings. The first-order chi connectivity index (χ1) is 7.15. The Bertz CT molecular complexity index is 342. The van der Waals surface area contributed by atoms with Crippen LogP contribution < -0.4 is 0 Å². The summed E-state index contributed by atoms with van der Waals surface area (Å²) in [6, 6.07) is 6.54. The third-order valence-corrected chi connectivity index (χ3v) is 2.74. The Kier molecular flexibility index (Phi) is 4.55. The van der Waals surface area contributed by atoms with E-state index < -0.39 is 12.4 Å². The molecule has 82 valence electrons. The third kappa shape index (κ3) is 3.51. The van der Waals surface area contributed by atoms with Gasteiger partial charge < -0.3 is 4.74 Å². The minimum Gasteiger partial charge on any atom is -0.465 e. The van der Waals surface area contributed by atoms with Crippen LogP contribution in [0, 0.1) is 0 Å². The molecule has 0 amide bonds. The molecule has 5 heteroatoms. The smallest absolute Gasteiger partial charge is 0.338 e. The van der Waals surface area contributed by atoms with Crippen LogP contribution in [-0.2, 0) is 4.74 Å². The van der Waals surface area contributed by atoms with E-state index in [1.165, 1.54) is 7.11 Å². The summed E-state index contributed by atoms with van der Waals surface area (Å²) in [5.74, 6) is -0.832. The minimum atomic E-state index is -2.39. The molecule has 0 bridgehead atoms. The number of alkyl halides is 2. The van der Waals surface area contributed by atoms with Gasteiger partial charge in [-0.05, 0) is 12.1 Å². The molecule has 0 unspecified atom stereocenters. The average molecular weight is 232 g/mol. The summed E-state index contributed by atoms with van der Waals surface area (Å²) in [6.07, 6.45) is -2.39. The Labute approximate surface area is 90.6 Å². The topological polar surface area (TPSA) is 26.3 Å². The van der Waals surface area contributed by atoms with Crippen molar-refractivity contribution in [3.05, 3.63) is 29.8 Å². The first-order valence-corrected chi connectivity index (χ1v) is 5.22. The van der Waals surface area contributed by atoms with Gasteiger partial charge in [0.2, 0.25) is 6.43 Å².